The van der Waals surface area contributed by atoms with Crippen LogP contribution in [0, 0.1) is 18.6 Å². The highest BCUT2D eigenvalue weighted by atomic mass is 32.1. The van der Waals surface area contributed by atoms with Crippen molar-refractivity contribution in [3.05, 3.63) is 40.5 Å². The number of unbranched alkanes of at least 4 members (excludes halogenated alkanes) is 1. The van der Waals surface area contributed by atoms with E-state index in [2.05, 4.69) is 19.9 Å². The number of aliphatic hydroxyl groups excluding tert-OH is 1. The van der Waals surface area contributed by atoms with Crippen LogP contribution in [0.15, 0.2) is 12.1 Å². The van der Waals surface area contributed by atoms with Crippen molar-refractivity contribution in [3.63, 3.8) is 0 Å². The lowest BCUT2D eigenvalue weighted by Crippen LogP contribution is -2.42. The van der Waals surface area contributed by atoms with Gasteiger partial charge in [-0.15, -0.1) is 0 Å². The molecule has 1 fully saturated rings. The van der Waals surface area contributed by atoms with E-state index in [1.165, 1.54) is 6.92 Å². The van der Waals surface area contributed by atoms with Gasteiger partial charge in [0.05, 0.1) is 6.61 Å². The summed E-state index contributed by atoms with van der Waals surface area (Å²) in [6.45, 7) is 3.37. The highest BCUT2D eigenvalue weighted by Gasteiger charge is 2.24. The van der Waals surface area contributed by atoms with Crippen LogP contribution in [0.2, 0.25) is 0 Å². The molecular weight excluding hydrogens is 482 g/mol. The molecule has 1 aliphatic rings. The summed E-state index contributed by atoms with van der Waals surface area (Å²) in [5.41, 5.74) is -0.303. The Bertz CT molecular complexity index is 1040. The van der Waals surface area contributed by atoms with E-state index in [4.69, 9.17) is 4.74 Å². The molecule has 192 valence electrons. The van der Waals surface area contributed by atoms with E-state index < -0.39 is 30.2 Å². The van der Waals surface area contributed by atoms with Crippen molar-refractivity contribution in [2.24, 2.45) is 0 Å². The third-order valence-electron chi connectivity index (χ3n) is 5.91. The van der Waals surface area contributed by atoms with Gasteiger partial charge in [-0.2, -0.15) is 4.37 Å². The smallest absolute Gasteiger partial charge is 0.344 e. The number of urea groups is 1. The molecule has 35 heavy (non-hydrogen) atoms. The van der Waals surface area contributed by atoms with Crippen LogP contribution in [-0.4, -0.2) is 63.8 Å². The fourth-order valence-electron chi connectivity index (χ4n) is 3.94. The molecule has 2 amide bonds. The van der Waals surface area contributed by atoms with E-state index in [0.29, 0.717) is 6.54 Å². The number of aromatic carboxylic acids is 1. The zero-order chi connectivity index (χ0) is 25.4. The van der Waals surface area contributed by atoms with Crippen molar-refractivity contribution in [3.8, 4) is 5.88 Å². The van der Waals surface area contributed by atoms with Crippen molar-refractivity contribution < 1.29 is 33.3 Å². The molecule has 4 N–H and O–H groups in total. The number of amides is 2. The Labute approximate surface area is 206 Å². The monoisotopic (exact) mass is 512 g/mol. The number of anilines is 1. The molecule has 1 atom stereocenters. The average Bonchev–Trinajstić information content (AvgIpc) is 3.23. The number of benzene rings is 1. The van der Waals surface area contributed by atoms with Gasteiger partial charge in [-0.1, -0.05) is 6.42 Å². The minimum absolute atomic E-state index is 0.0281. The first-order chi connectivity index (χ1) is 16.8. The van der Waals surface area contributed by atoms with Crippen molar-refractivity contribution in [1.82, 2.24) is 14.6 Å². The summed E-state index contributed by atoms with van der Waals surface area (Å²) >= 11 is 0.717. The zero-order valence-electron chi connectivity index (χ0n) is 19.5. The van der Waals surface area contributed by atoms with Crippen LogP contribution in [0.4, 0.5) is 18.6 Å². The zero-order valence-corrected chi connectivity index (χ0v) is 20.3. The van der Waals surface area contributed by atoms with Crippen LogP contribution in [0.25, 0.3) is 0 Å². The summed E-state index contributed by atoms with van der Waals surface area (Å²) in [7, 11) is 0. The first kappa shape index (κ1) is 26.8. The van der Waals surface area contributed by atoms with Gasteiger partial charge in [-0.25, -0.2) is 18.4 Å². The number of aliphatic hydroxyl groups is 1. The molecule has 2 heterocycles. The molecule has 0 spiro atoms. The van der Waals surface area contributed by atoms with Crippen molar-refractivity contribution in [2.75, 3.05) is 31.6 Å². The maximum atomic E-state index is 14.0. The third-order valence-corrected chi connectivity index (χ3v) is 6.66. The number of nitrogens with zero attached hydrogens (tertiary/aromatic N) is 2. The molecule has 3 rings (SSSR count). The second-order valence-corrected chi connectivity index (χ2v) is 9.21. The van der Waals surface area contributed by atoms with Crippen LogP contribution in [-0.2, 0) is 6.61 Å². The van der Waals surface area contributed by atoms with Gasteiger partial charge in [0.1, 0.15) is 23.2 Å². The number of likely N-dealkylation sites (tertiary alicyclic amines) is 1. The summed E-state index contributed by atoms with van der Waals surface area (Å²) in [4.78, 5) is 26.2. The number of nitrogens with one attached hydrogen (secondary N) is 2. The SMILES string of the molecule is Cc1cc(F)c(COc2nsc(NC(=O)NCCCCN3CCCCC3CO)c2C(=O)O)cc1F. The summed E-state index contributed by atoms with van der Waals surface area (Å²) in [5, 5.41) is 24.1. The molecular formula is C23H30F2N4O5S. The lowest BCUT2D eigenvalue weighted by Gasteiger charge is -2.34. The standard InChI is InChI=1S/C23H30F2N4O5S/c1-14-10-18(25)15(11-17(14)24)13-34-20-19(22(31)32)21(35-28-20)27-23(33)26-7-3-5-9-29-8-4-2-6-16(29)12-30/h10-11,16,30H,2-9,12-13H2,1H3,(H,31,32)(H2,26,27,33). The van der Waals surface area contributed by atoms with Gasteiger partial charge in [0.15, 0.2) is 5.56 Å². The van der Waals surface area contributed by atoms with Gasteiger partial charge < -0.3 is 20.3 Å². The second kappa shape index (κ2) is 12.8. The normalized spacial score (nSPS) is 16.2. The van der Waals surface area contributed by atoms with Crippen LogP contribution in [0.1, 0.15) is 53.6 Å². The van der Waals surface area contributed by atoms with Gasteiger partial charge in [0.2, 0.25) is 5.88 Å². The number of carboxylic acid groups (broad SMARTS) is 1. The minimum atomic E-state index is -1.38. The number of carbonyl (C=O) groups excluding carboxylic acids is 1. The highest BCUT2D eigenvalue weighted by molar-refractivity contribution is 7.11. The van der Waals surface area contributed by atoms with Gasteiger partial charge in [0, 0.05) is 18.2 Å². The second-order valence-electron chi connectivity index (χ2n) is 8.43. The molecule has 0 radical (unpaired) electrons. The summed E-state index contributed by atoms with van der Waals surface area (Å²) in [6.07, 6.45) is 4.84. The first-order valence-electron chi connectivity index (χ1n) is 11.5. The predicted octanol–water partition coefficient (Wildman–Crippen LogP) is 3.76. The van der Waals surface area contributed by atoms with E-state index in [-0.39, 0.29) is 40.2 Å². The van der Waals surface area contributed by atoms with Crippen molar-refractivity contribution >= 4 is 28.5 Å². The Morgan fingerprint density at radius 1 is 1.26 bits per heavy atom. The molecule has 12 heteroatoms. The first-order valence-corrected chi connectivity index (χ1v) is 12.3. The maximum absolute atomic E-state index is 14.0. The lowest BCUT2D eigenvalue weighted by molar-refractivity contribution is 0.0693. The fraction of sp³-hybridized carbons (Fsp3) is 0.522. The predicted molar refractivity (Wildman–Crippen MR) is 127 cm³/mol. The van der Waals surface area contributed by atoms with E-state index in [9.17, 15) is 28.6 Å². The Morgan fingerprint density at radius 2 is 2.06 bits per heavy atom. The lowest BCUT2D eigenvalue weighted by atomic mass is 10.0. The van der Waals surface area contributed by atoms with Crippen LogP contribution >= 0.6 is 11.5 Å². The summed E-state index contributed by atoms with van der Waals surface area (Å²) in [5.74, 6) is -2.96. The number of aryl methyl sites for hydroxylation is 1. The number of carboxylic acids is 1. The Kier molecular flexibility index (Phi) is 9.75. The molecule has 1 saturated heterocycles. The largest absolute Gasteiger partial charge is 0.477 e. The molecule has 1 aromatic carbocycles. The molecule has 0 aliphatic carbocycles. The van der Waals surface area contributed by atoms with Gasteiger partial charge in [0.25, 0.3) is 0 Å². The minimum Gasteiger partial charge on any atom is -0.477 e. The quantitative estimate of drug-likeness (QED) is 0.338. The molecule has 1 aromatic heterocycles. The van der Waals surface area contributed by atoms with E-state index in [1.807, 2.05) is 0 Å². The van der Waals surface area contributed by atoms with E-state index >= 15 is 0 Å². The van der Waals surface area contributed by atoms with E-state index in [1.54, 1.807) is 0 Å². The number of rotatable bonds is 11. The van der Waals surface area contributed by atoms with Gasteiger partial charge in [-0.05, 0) is 74.9 Å². The summed E-state index contributed by atoms with van der Waals surface area (Å²) < 4.78 is 37.0. The summed E-state index contributed by atoms with van der Waals surface area (Å²) in [6, 6.07) is 1.64. The van der Waals surface area contributed by atoms with E-state index in [0.717, 1.165) is 68.9 Å². The Hall–Kier alpha value is -2.83. The molecule has 2 aromatic rings. The van der Waals surface area contributed by atoms with Crippen molar-refractivity contribution in [2.45, 2.75) is 51.7 Å². The van der Waals surface area contributed by atoms with Crippen LogP contribution < -0.4 is 15.4 Å². The molecule has 1 aliphatic heterocycles. The van der Waals surface area contributed by atoms with Gasteiger partial charge >= 0.3 is 12.0 Å². The number of hydrogen-bond donors (Lipinski definition) is 4. The number of carbonyl (C=O) groups is 2. The number of hydrogen-bond acceptors (Lipinski definition) is 7. The number of aromatic nitrogens is 1. The van der Waals surface area contributed by atoms with Crippen LogP contribution in [0.5, 0.6) is 5.88 Å². The molecule has 0 bridgehead atoms. The van der Waals surface area contributed by atoms with Gasteiger partial charge in [-0.3, -0.25) is 10.2 Å². The Balaban J connectivity index is 1.48. The number of piperidine rings is 1. The number of ether oxygens (including phenoxy) is 1. The van der Waals surface area contributed by atoms with Crippen LogP contribution in [0.3, 0.4) is 0 Å². The average molecular weight is 513 g/mol. The van der Waals surface area contributed by atoms with Crippen molar-refractivity contribution in [1.29, 1.82) is 0 Å². The molecule has 0 saturated carbocycles. The third kappa shape index (κ3) is 7.33. The molecule has 9 nitrogen and oxygen atoms in total. The Morgan fingerprint density at radius 3 is 2.80 bits per heavy atom. The molecule has 1 unspecified atom stereocenters. The topological polar surface area (TPSA) is 124 Å². The maximum Gasteiger partial charge on any atom is 0.344 e. The fourth-order valence-corrected chi connectivity index (χ4v) is 4.66. The number of halogens is 2. The highest BCUT2D eigenvalue weighted by Crippen LogP contribution is 2.31.